The third-order valence-corrected chi connectivity index (χ3v) is 3.33. The Morgan fingerprint density at radius 3 is 2.40 bits per heavy atom. The lowest BCUT2D eigenvalue weighted by molar-refractivity contribution is 0.162. The first-order valence-corrected chi connectivity index (χ1v) is 5.99. The fourth-order valence-corrected chi connectivity index (χ4v) is 2.21. The van der Waals surface area contributed by atoms with E-state index in [1.54, 1.807) is 11.3 Å². The fourth-order valence-electron chi connectivity index (χ4n) is 1.44. The molecular weight excluding hydrogens is 212 g/mol. The Balaban J connectivity index is 2.36. The smallest absolute Gasteiger partial charge is 0.0797 e. The lowest BCUT2D eigenvalue weighted by Gasteiger charge is -2.19. The summed E-state index contributed by atoms with van der Waals surface area (Å²) in [6.45, 7) is 4.40. The number of aliphatic hydroxyl groups excluding tert-OH is 2. The van der Waals surface area contributed by atoms with Crippen LogP contribution in [0.25, 0.3) is 0 Å². The zero-order valence-electron chi connectivity index (χ0n) is 9.02. The van der Waals surface area contributed by atoms with Crippen molar-refractivity contribution in [2.75, 3.05) is 32.8 Å². The van der Waals surface area contributed by atoms with Crippen LogP contribution in [0.1, 0.15) is 10.6 Å². The summed E-state index contributed by atoms with van der Waals surface area (Å²) in [6, 6.07) is 0. The highest BCUT2D eigenvalue weighted by Crippen LogP contribution is 2.12. The van der Waals surface area contributed by atoms with Gasteiger partial charge in [0.2, 0.25) is 0 Å². The summed E-state index contributed by atoms with van der Waals surface area (Å²) >= 11 is 1.66. The molecule has 2 N–H and O–H groups in total. The predicted molar refractivity (Wildman–Crippen MR) is 61.2 cm³/mol. The normalized spacial score (nSPS) is 11.2. The molecule has 0 amide bonds. The van der Waals surface area contributed by atoms with Crippen LogP contribution in [-0.4, -0.2) is 52.9 Å². The third kappa shape index (κ3) is 4.25. The average molecular weight is 230 g/mol. The first-order valence-electron chi connectivity index (χ1n) is 5.11. The van der Waals surface area contributed by atoms with Crippen LogP contribution >= 0.6 is 11.3 Å². The zero-order chi connectivity index (χ0) is 11.1. The molecule has 0 unspecified atom stereocenters. The summed E-state index contributed by atoms with van der Waals surface area (Å²) in [7, 11) is 0. The van der Waals surface area contributed by atoms with Crippen molar-refractivity contribution in [1.82, 2.24) is 9.88 Å². The van der Waals surface area contributed by atoms with Crippen molar-refractivity contribution in [3.63, 3.8) is 0 Å². The second-order valence-corrected chi connectivity index (χ2v) is 4.34. The van der Waals surface area contributed by atoms with E-state index in [1.165, 1.54) is 4.88 Å². The van der Waals surface area contributed by atoms with Crippen LogP contribution in [0.5, 0.6) is 0 Å². The summed E-state index contributed by atoms with van der Waals surface area (Å²) in [5.74, 6) is 0. The van der Waals surface area contributed by atoms with Crippen LogP contribution in [-0.2, 0) is 6.42 Å². The summed E-state index contributed by atoms with van der Waals surface area (Å²) in [5, 5.41) is 17.7. The molecule has 1 rings (SSSR count). The van der Waals surface area contributed by atoms with Gasteiger partial charge in [0.1, 0.15) is 0 Å². The molecule has 0 spiro atoms. The number of hydrogen-bond acceptors (Lipinski definition) is 5. The van der Waals surface area contributed by atoms with Gasteiger partial charge < -0.3 is 10.2 Å². The van der Waals surface area contributed by atoms with Crippen molar-refractivity contribution >= 4 is 11.3 Å². The molecule has 4 nitrogen and oxygen atoms in total. The lowest BCUT2D eigenvalue weighted by atomic mass is 10.3. The number of nitrogens with zero attached hydrogens (tertiary/aromatic N) is 2. The SMILES string of the molecule is Cc1ncsc1CCN(CCO)CCO. The summed E-state index contributed by atoms with van der Waals surface area (Å²) < 4.78 is 0. The van der Waals surface area contributed by atoms with Crippen molar-refractivity contribution in [3.05, 3.63) is 16.1 Å². The van der Waals surface area contributed by atoms with Gasteiger partial charge in [0.25, 0.3) is 0 Å². The molecule has 0 aliphatic rings. The number of aliphatic hydroxyl groups is 2. The number of rotatable bonds is 7. The maximum absolute atomic E-state index is 8.84. The maximum atomic E-state index is 8.84. The molecule has 1 heterocycles. The highest BCUT2D eigenvalue weighted by molar-refractivity contribution is 7.09. The largest absolute Gasteiger partial charge is 0.395 e. The van der Waals surface area contributed by atoms with Crippen LogP contribution in [0, 0.1) is 6.92 Å². The van der Waals surface area contributed by atoms with E-state index in [0.29, 0.717) is 13.1 Å². The van der Waals surface area contributed by atoms with Crippen molar-refractivity contribution in [1.29, 1.82) is 0 Å². The van der Waals surface area contributed by atoms with Crippen LogP contribution in [0.4, 0.5) is 0 Å². The van der Waals surface area contributed by atoms with Gasteiger partial charge in [-0.05, 0) is 13.3 Å². The molecule has 0 atom stereocenters. The van der Waals surface area contributed by atoms with Gasteiger partial charge in [-0.1, -0.05) is 0 Å². The van der Waals surface area contributed by atoms with Crippen LogP contribution in [0.3, 0.4) is 0 Å². The molecule has 1 aromatic rings. The Labute approximate surface area is 94.2 Å². The molecule has 0 aromatic carbocycles. The number of aromatic nitrogens is 1. The molecular formula is C10H18N2O2S. The summed E-state index contributed by atoms with van der Waals surface area (Å²) in [6.07, 6.45) is 0.941. The van der Waals surface area contributed by atoms with Crippen LogP contribution < -0.4 is 0 Å². The minimum Gasteiger partial charge on any atom is -0.395 e. The molecule has 5 heteroatoms. The molecule has 0 aliphatic heterocycles. The predicted octanol–water partition coefficient (Wildman–Crippen LogP) is 0.281. The van der Waals surface area contributed by atoms with Gasteiger partial charge in [-0.25, -0.2) is 4.98 Å². The van der Waals surface area contributed by atoms with Gasteiger partial charge in [-0.2, -0.15) is 0 Å². The molecule has 0 saturated heterocycles. The second kappa shape index (κ2) is 6.90. The number of thiazole rings is 1. The molecule has 0 bridgehead atoms. The van der Waals surface area contributed by atoms with E-state index >= 15 is 0 Å². The molecule has 1 aromatic heterocycles. The van der Waals surface area contributed by atoms with E-state index < -0.39 is 0 Å². The Bertz CT molecular complexity index is 272. The van der Waals surface area contributed by atoms with E-state index in [4.69, 9.17) is 10.2 Å². The first-order chi connectivity index (χ1) is 7.27. The minimum absolute atomic E-state index is 0.141. The van der Waals surface area contributed by atoms with Gasteiger partial charge in [0.05, 0.1) is 24.4 Å². The Hall–Kier alpha value is -0.490. The van der Waals surface area contributed by atoms with E-state index in [0.717, 1.165) is 18.7 Å². The highest BCUT2D eigenvalue weighted by Gasteiger charge is 2.06. The average Bonchev–Trinajstić information content (AvgIpc) is 2.61. The van der Waals surface area contributed by atoms with Crippen molar-refractivity contribution in [3.8, 4) is 0 Å². The van der Waals surface area contributed by atoms with Crippen molar-refractivity contribution < 1.29 is 10.2 Å². The monoisotopic (exact) mass is 230 g/mol. The van der Waals surface area contributed by atoms with Crippen LogP contribution in [0.2, 0.25) is 0 Å². The second-order valence-electron chi connectivity index (χ2n) is 3.40. The van der Waals surface area contributed by atoms with E-state index in [1.807, 2.05) is 12.4 Å². The Kier molecular flexibility index (Phi) is 5.78. The molecule has 15 heavy (non-hydrogen) atoms. The Morgan fingerprint density at radius 2 is 1.93 bits per heavy atom. The summed E-state index contributed by atoms with van der Waals surface area (Å²) in [4.78, 5) is 7.53. The van der Waals surface area contributed by atoms with Gasteiger partial charge >= 0.3 is 0 Å². The van der Waals surface area contributed by atoms with Gasteiger partial charge in [-0.15, -0.1) is 11.3 Å². The lowest BCUT2D eigenvalue weighted by Crippen LogP contribution is -2.31. The first kappa shape index (κ1) is 12.6. The van der Waals surface area contributed by atoms with Gasteiger partial charge in [-0.3, -0.25) is 4.90 Å². The van der Waals surface area contributed by atoms with E-state index in [2.05, 4.69) is 9.88 Å². The van der Waals surface area contributed by atoms with Gasteiger partial charge in [0, 0.05) is 24.5 Å². The Morgan fingerprint density at radius 1 is 1.27 bits per heavy atom. The fraction of sp³-hybridized carbons (Fsp3) is 0.700. The minimum atomic E-state index is 0.141. The number of hydrogen-bond donors (Lipinski definition) is 2. The molecule has 0 saturated carbocycles. The van der Waals surface area contributed by atoms with Crippen molar-refractivity contribution in [2.24, 2.45) is 0 Å². The third-order valence-electron chi connectivity index (χ3n) is 2.33. The summed E-state index contributed by atoms with van der Waals surface area (Å²) in [5.41, 5.74) is 2.94. The van der Waals surface area contributed by atoms with Crippen LogP contribution in [0.15, 0.2) is 5.51 Å². The van der Waals surface area contributed by atoms with Crippen molar-refractivity contribution in [2.45, 2.75) is 13.3 Å². The molecule has 0 fully saturated rings. The van der Waals surface area contributed by atoms with Gasteiger partial charge in [0.15, 0.2) is 0 Å². The molecule has 0 aliphatic carbocycles. The van der Waals surface area contributed by atoms with E-state index in [-0.39, 0.29) is 13.2 Å². The standard InChI is InChI=1S/C10H18N2O2S/c1-9-10(15-8-11-9)2-3-12(4-6-13)5-7-14/h8,13-14H,2-7H2,1H3. The zero-order valence-corrected chi connectivity index (χ0v) is 9.83. The highest BCUT2D eigenvalue weighted by atomic mass is 32.1. The molecule has 0 radical (unpaired) electrons. The number of aryl methyl sites for hydroxylation is 1. The van der Waals surface area contributed by atoms with E-state index in [9.17, 15) is 0 Å². The quantitative estimate of drug-likeness (QED) is 0.706. The molecule has 86 valence electrons. The topological polar surface area (TPSA) is 56.6 Å². The maximum Gasteiger partial charge on any atom is 0.0797 e.